The molecule has 0 rings (SSSR count). The predicted octanol–water partition coefficient (Wildman–Crippen LogP) is 0.688. The molecular weight excluding hydrogens is 359 g/mol. The third-order valence-electron chi connectivity index (χ3n) is 3.87. The second-order valence-corrected chi connectivity index (χ2v) is 6.15. The number of ether oxygens (including phenoxy) is 4. The monoisotopic (exact) mass is 394 g/mol. The SMILES string of the molecule is CCC(C)C(=O)NCC(F)C(C)OCCOCCOCCNC(=O)COC. The highest BCUT2D eigenvalue weighted by molar-refractivity contribution is 5.78. The molecule has 2 N–H and O–H groups in total. The Morgan fingerprint density at radius 1 is 1.00 bits per heavy atom. The Balaban J connectivity index is 3.50. The van der Waals surface area contributed by atoms with E-state index in [1.165, 1.54) is 7.11 Å². The van der Waals surface area contributed by atoms with Crippen LogP contribution in [-0.2, 0) is 28.5 Å². The Labute approximate surface area is 161 Å². The van der Waals surface area contributed by atoms with Gasteiger partial charge in [-0.2, -0.15) is 0 Å². The average molecular weight is 394 g/mol. The van der Waals surface area contributed by atoms with Gasteiger partial charge >= 0.3 is 0 Å². The molecule has 0 aliphatic heterocycles. The van der Waals surface area contributed by atoms with Gasteiger partial charge in [-0.05, 0) is 13.3 Å². The summed E-state index contributed by atoms with van der Waals surface area (Å²) >= 11 is 0. The lowest BCUT2D eigenvalue weighted by molar-refractivity contribution is -0.125. The standard InChI is InChI=1S/C18H35FN2O6/c1-5-14(2)18(23)21-12-16(19)15(3)27-11-10-26-9-8-25-7-6-20-17(22)13-24-4/h14-16H,5-13H2,1-4H3,(H,20,22)(H,21,23). The van der Waals surface area contributed by atoms with E-state index < -0.39 is 12.3 Å². The number of carbonyl (C=O) groups excluding carboxylic acids is 2. The van der Waals surface area contributed by atoms with Crippen LogP contribution >= 0.6 is 0 Å². The summed E-state index contributed by atoms with van der Waals surface area (Å²) in [6.45, 7) is 7.48. The molecule has 0 saturated carbocycles. The number of amides is 2. The highest BCUT2D eigenvalue weighted by Crippen LogP contribution is 2.04. The number of rotatable bonds is 17. The molecule has 0 aromatic carbocycles. The average Bonchev–Trinajstić information content (AvgIpc) is 2.66. The lowest BCUT2D eigenvalue weighted by Crippen LogP contribution is -2.38. The lowest BCUT2D eigenvalue weighted by atomic mass is 10.1. The lowest BCUT2D eigenvalue weighted by Gasteiger charge is -2.19. The van der Waals surface area contributed by atoms with Gasteiger partial charge in [-0.25, -0.2) is 4.39 Å². The molecule has 0 saturated heterocycles. The van der Waals surface area contributed by atoms with Crippen LogP contribution in [-0.4, -0.2) is 83.9 Å². The molecule has 160 valence electrons. The predicted molar refractivity (Wildman–Crippen MR) is 99.3 cm³/mol. The van der Waals surface area contributed by atoms with Crippen molar-refractivity contribution in [1.82, 2.24) is 10.6 Å². The van der Waals surface area contributed by atoms with E-state index in [0.29, 0.717) is 33.0 Å². The fraction of sp³-hybridized carbons (Fsp3) is 0.889. The molecule has 0 aromatic rings. The van der Waals surface area contributed by atoms with Gasteiger partial charge in [0, 0.05) is 19.6 Å². The normalized spacial score (nSPS) is 14.4. The topological polar surface area (TPSA) is 95.1 Å². The minimum absolute atomic E-state index is 0.0332. The number of hydrogen-bond acceptors (Lipinski definition) is 6. The van der Waals surface area contributed by atoms with Crippen LogP contribution in [0.15, 0.2) is 0 Å². The molecule has 8 nitrogen and oxygen atoms in total. The molecule has 0 fully saturated rings. The fourth-order valence-corrected chi connectivity index (χ4v) is 1.89. The van der Waals surface area contributed by atoms with Crippen molar-refractivity contribution < 1.29 is 32.9 Å². The molecule has 0 bridgehead atoms. The number of nitrogens with one attached hydrogen (secondary N) is 2. The van der Waals surface area contributed by atoms with Crippen molar-refractivity contribution in [1.29, 1.82) is 0 Å². The van der Waals surface area contributed by atoms with E-state index in [4.69, 9.17) is 14.2 Å². The minimum atomic E-state index is -1.27. The van der Waals surface area contributed by atoms with E-state index in [1.54, 1.807) is 13.8 Å². The van der Waals surface area contributed by atoms with E-state index in [9.17, 15) is 14.0 Å². The van der Waals surface area contributed by atoms with Crippen LogP contribution in [0.2, 0.25) is 0 Å². The summed E-state index contributed by atoms with van der Waals surface area (Å²) in [6.07, 6.45) is -1.18. The summed E-state index contributed by atoms with van der Waals surface area (Å²) in [5.74, 6) is -0.450. The van der Waals surface area contributed by atoms with E-state index in [2.05, 4.69) is 15.4 Å². The van der Waals surface area contributed by atoms with E-state index in [0.717, 1.165) is 6.42 Å². The Morgan fingerprint density at radius 3 is 2.26 bits per heavy atom. The van der Waals surface area contributed by atoms with Crippen molar-refractivity contribution in [2.45, 2.75) is 39.5 Å². The molecule has 2 amide bonds. The summed E-state index contributed by atoms with van der Waals surface area (Å²) in [6, 6.07) is 0. The molecule has 0 aromatic heterocycles. The molecule has 3 atom stereocenters. The number of carbonyl (C=O) groups is 2. The third-order valence-corrected chi connectivity index (χ3v) is 3.87. The van der Waals surface area contributed by atoms with Gasteiger partial charge in [0.05, 0.1) is 45.7 Å². The molecule has 3 unspecified atom stereocenters. The first kappa shape index (κ1) is 25.7. The zero-order valence-corrected chi connectivity index (χ0v) is 16.9. The van der Waals surface area contributed by atoms with Gasteiger partial charge in [-0.3, -0.25) is 9.59 Å². The molecule has 0 aliphatic carbocycles. The van der Waals surface area contributed by atoms with Gasteiger partial charge in [0.2, 0.25) is 11.8 Å². The largest absolute Gasteiger partial charge is 0.377 e. The van der Waals surface area contributed by atoms with Crippen LogP contribution in [0.1, 0.15) is 27.2 Å². The van der Waals surface area contributed by atoms with Gasteiger partial charge in [-0.15, -0.1) is 0 Å². The van der Waals surface area contributed by atoms with E-state index in [1.807, 2.05) is 6.92 Å². The molecule has 0 radical (unpaired) electrons. The number of hydrogen-bond donors (Lipinski definition) is 2. The van der Waals surface area contributed by atoms with Crippen LogP contribution in [0.5, 0.6) is 0 Å². The minimum Gasteiger partial charge on any atom is -0.377 e. The second-order valence-electron chi connectivity index (χ2n) is 6.15. The van der Waals surface area contributed by atoms with Crippen molar-refractivity contribution in [3.8, 4) is 0 Å². The maximum Gasteiger partial charge on any atom is 0.246 e. The van der Waals surface area contributed by atoms with E-state index in [-0.39, 0.29) is 37.5 Å². The van der Waals surface area contributed by atoms with E-state index >= 15 is 0 Å². The van der Waals surface area contributed by atoms with Crippen molar-refractivity contribution in [3.63, 3.8) is 0 Å². The molecule has 27 heavy (non-hydrogen) atoms. The van der Waals surface area contributed by atoms with Gasteiger partial charge < -0.3 is 29.6 Å². The van der Waals surface area contributed by atoms with Crippen LogP contribution < -0.4 is 10.6 Å². The summed E-state index contributed by atoms with van der Waals surface area (Å²) in [4.78, 5) is 22.7. The quantitative estimate of drug-likeness (QED) is 0.353. The maximum atomic E-state index is 13.9. The summed E-state index contributed by atoms with van der Waals surface area (Å²) < 4.78 is 34.6. The molecule has 0 heterocycles. The van der Waals surface area contributed by atoms with Crippen molar-refractivity contribution in [2.75, 3.05) is 59.8 Å². The van der Waals surface area contributed by atoms with Crippen LogP contribution in [0, 0.1) is 5.92 Å². The molecule has 9 heteroatoms. The summed E-state index contributed by atoms with van der Waals surface area (Å²) in [5.41, 5.74) is 0. The van der Waals surface area contributed by atoms with Gasteiger partial charge in [-0.1, -0.05) is 13.8 Å². The highest BCUT2D eigenvalue weighted by atomic mass is 19.1. The molecular formula is C18H35FN2O6. The zero-order valence-electron chi connectivity index (χ0n) is 16.9. The first-order valence-electron chi connectivity index (χ1n) is 9.36. The second kappa shape index (κ2) is 16.9. The van der Waals surface area contributed by atoms with Gasteiger partial charge in [0.25, 0.3) is 0 Å². The third kappa shape index (κ3) is 14.4. The Kier molecular flexibility index (Phi) is 16.0. The first-order valence-corrected chi connectivity index (χ1v) is 9.36. The fourth-order valence-electron chi connectivity index (χ4n) is 1.89. The van der Waals surface area contributed by atoms with Crippen LogP contribution in [0.25, 0.3) is 0 Å². The molecule has 0 aliphatic rings. The van der Waals surface area contributed by atoms with Crippen LogP contribution in [0.3, 0.4) is 0 Å². The number of alkyl halides is 1. The summed E-state index contributed by atoms with van der Waals surface area (Å²) in [5, 5.41) is 5.22. The number of methoxy groups -OCH3 is 1. The van der Waals surface area contributed by atoms with Crippen LogP contribution in [0.4, 0.5) is 4.39 Å². The van der Waals surface area contributed by atoms with Crippen molar-refractivity contribution in [3.05, 3.63) is 0 Å². The Hall–Kier alpha value is -1.29. The maximum absolute atomic E-state index is 13.9. The van der Waals surface area contributed by atoms with Gasteiger partial charge in [0.15, 0.2) is 0 Å². The smallest absolute Gasteiger partial charge is 0.246 e. The first-order chi connectivity index (χ1) is 12.9. The summed E-state index contributed by atoms with van der Waals surface area (Å²) in [7, 11) is 1.46. The Bertz CT molecular complexity index is 400. The molecule has 0 spiro atoms. The Morgan fingerprint density at radius 2 is 1.63 bits per heavy atom. The number of halogens is 1. The zero-order chi connectivity index (χ0) is 20.5. The van der Waals surface area contributed by atoms with Gasteiger partial charge in [0.1, 0.15) is 12.8 Å². The van der Waals surface area contributed by atoms with Crippen molar-refractivity contribution >= 4 is 11.8 Å². The highest BCUT2D eigenvalue weighted by Gasteiger charge is 2.19. The van der Waals surface area contributed by atoms with Crippen molar-refractivity contribution in [2.24, 2.45) is 5.92 Å².